The summed E-state index contributed by atoms with van der Waals surface area (Å²) in [6.07, 6.45) is -0.324. The number of nitrogens with one attached hydrogen (secondary N) is 1. The molecule has 7 heteroatoms. The number of carbonyl (C=O) groups is 2. The van der Waals surface area contributed by atoms with Crippen LogP contribution < -0.4 is 5.32 Å². The lowest BCUT2D eigenvalue weighted by Gasteiger charge is -2.37. The van der Waals surface area contributed by atoms with Crippen LogP contribution in [0.5, 0.6) is 0 Å². The number of ether oxygens (including phenoxy) is 3. The van der Waals surface area contributed by atoms with Gasteiger partial charge in [0.2, 0.25) is 0 Å². The molecule has 0 fully saturated rings. The number of alkyl carbamates (subject to hydrolysis) is 1. The van der Waals surface area contributed by atoms with E-state index in [1.54, 1.807) is 13.8 Å². The van der Waals surface area contributed by atoms with Crippen LogP contribution in [0.15, 0.2) is 60.7 Å². The topological polar surface area (TPSA) is 94.1 Å². The first-order chi connectivity index (χ1) is 15.4. The molecule has 2 atom stereocenters. The van der Waals surface area contributed by atoms with E-state index in [0.717, 1.165) is 11.1 Å². The number of carbonyl (C=O) groups excluding carboxylic acids is 2. The zero-order chi connectivity index (χ0) is 23.4. The van der Waals surface area contributed by atoms with Crippen molar-refractivity contribution < 1.29 is 28.9 Å². The summed E-state index contributed by atoms with van der Waals surface area (Å²) in [5, 5.41) is 12.2. The summed E-state index contributed by atoms with van der Waals surface area (Å²) < 4.78 is 16.5. The minimum atomic E-state index is -1.10. The van der Waals surface area contributed by atoms with Crippen LogP contribution in [0.25, 0.3) is 0 Å². The van der Waals surface area contributed by atoms with Gasteiger partial charge in [-0.05, 0) is 37.8 Å². The molecule has 0 spiro atoms. The highest BCUT2D eigenvalue weighted by Gasteiger charge is 2.44. The summed E-state index contributed by atoms with van der Waals surface area (Å²) in [5.74, 6) is -0.483. The Morgan fingerprint density at radius 2 is 1.53 bits per heavy atom. The van der Waals surface area contributed by atoms with E-state index in [0.29, 0.717) is 19.4 Å². The molecule has 0 unspecified atom stereocenters. The minimum absolute atomic E-state index is 0.0327. The average Bonchev–Trinajstić information content (AvgIpc) is 2.82. The molecule has 7 nitrogen and oxygen atoms in total. The normalized spacial score (nSPS) is 13.1. The monoisotopic (exact) mass is 443 g/mol. The first-order valence-electron chi connectivity index (χ1n) is 10.7. The van der Waals surface area contributed by atoms with Crippen LogP contribution in [-0.4, -0.2) is 43.0 Å². The molecule has 0 saturated heterocycles. The van der Waals surface area contributed by atoms with Gasteiger partial charge in [-0.1, -0.05) is 60.7 Å². The van der Waals surface area contributed by atoms with Crippen molar-refractivity contribution in [3.63, 3.8) is 0 Å². The summed E-state index contributed by atoms with van der Waals surface area (Å²) in [7, 11) is 1.31. The molecule has 0 heterocycles. The van der Waals surface area contributed by atoms with Gasteiger partial charge in [-0.25, -0.2) is 4.79 Å². The molecule has 0 aliphatic carbocycles. The maximum Gasteiger partial charge on any atom is 0.407 e. The van der Waals surface area contributed by atoms with Gasteiger partial charge in [-0.15, -0.1) is 0 Å². The van der Waals surface area contributed by atoms with Crippen molar-refractivity contribution >= 4 is 12.1 Å². The SMILES string of the molecule is COC(=O)C(C)(C)[C@H](NC(=O)OCc1ccccc1)[C@H](CCCO)OCc1ccccc1. The van der Waals surface area contributed by atoms with E-state index in [2.05, 4.69) is 5.32 Å². The predicted molar refractivity (Wildman–Crippen MR) is 121 cm³/mol. The molecule has 0 saturated carbocycles. The van der Waals surface area contributed by atoms with Crippen molar-refractivity contribution in [3.8, 4) is 0 Å². The average molecular weight is 444 g/mol. The van der Waals surface area contributed by atoms with Crippen molar-refractivity contribution in [2.45, 2.75) is 52.0 Å². The minimum Gasteiger partial charge on any atom is -0.469 e. The third-order valence-corrected chi connectivity index (χ3v) is 5.30. The van der Waals surface area contributed by atoms with Crippen molar-refractivity contribution in [2.24, 2.45) is 5.41 Å². The highest BCUT2D eigenvalue weighted by atomic mass is 16.6. The summed E-state index contributed by atoms with van der Waals surface area (Å²) in [6, 6.07) is 18.2. The lowest BCUT2D eigenvalue weighted by Crippen LogP contribution is -2.56. The van der Waals surface area contributed by atoms with Gasteiger partial charge in [0.25, 0.3) is 0 Å². The number of esters is 1. The van der Waals surface area contributed by atoms with Gasteiger partial charge < -0.3 is 24.6 Å². The molecule has 1 amide bonds. The van der Waals surface area contributed by atoms with Crippen LogP contribution in [0.2, 0.25) is 0 Å². The number of methoxy groups -OCH3 is 1. The van der Waals surface area contributed by atoms with E-state index < -0.39 is 29.6 Å². The van der Waals surface area contributed by atoms with Gasteiger partial charge in [0.05, 0.1) is 31.3 Å². The molecule has 0 aliphatic rings. The molecule has 32 heavy (non-hydrogen) atoms. The second-order valence-electron chi connectivity index (χ2n) is 8.10. The first-order valence-corrected chi connectivity index (χ1v) is 10.7. The van der Waals surface area contributed by atoms with Gasteiger partial charge in [-0.2, -0.15) is 0 Å². The number of hydrogen-bond acceptors (Lipinski definition) is 6. The molecule has 0 radical (unpaired) electrons. The molecule has 2 aromatic carbocycles. The lowest BCUT2D eigenvalue weighted by atomic mass is 9.80. The highest BCUT2D eigenvalue weighted by Crippen LogP contribution is 2.29. The van der Waals surface area contributed by atoms with Crippen LogP contribution >= 0.6 is 0 Å². The van der Waals surface area contributed by atoms with Crippen LogP contribution in [0.4, 0.5) is 4.79 Å². The quantitative estimate of drug-likeness (QED) is 0.484. The summed E-state index contributed by atoms with van der Waals surface area (Å²) in [6.45, 7) is 3.75. The van der Waals surface area contributed by atoms with Crippen LogP contribution in [0, 0.1) is 5.41 Å². The lowest BCUT2D eigenvalue weighted by molar-refractivity contribution is -0.155. The Morgan fingerprint density at radius 1 is 0.969 bits per heavy atom. The molecule has 2 N–H and O–H groups in total. The zero-order valence-corrected chi connectivity index (χ0v) is 19.0. The Morgan fingerprint density at radius 3 is 2.06 bits per heavy atom. The van der Waals surface area contributed by atoms with E-state index in [9.17, 15) is 14.7 Å². The number of aliphatic hydroxyl groups is 1. The van der Waals surface area contributed by atoms with E-state index in [-0.39, 0.29) is 13.2 Å². The highest BCUT2D eigenvalue weighted by molar-refractivity contribution is 5.78. The van der Waals surface area contributed by atoms with Crippen molar-refractivity contribution in [3.05, 3.63) is 71.8 Å². The van der Waals surface area contributed by atoms with Crippen LogP contribution in [-0.2, 0) is 32.2 Å². The van der Waals surface area contributed by atoms with E-state index in [4.69, 9.17) is 14.2 Å². The third-order valence-electron chi connectivity index (χ3n) is 5.30. The number of hydrogen-bond donors (Lipinski definition) is 2. The molecule has 0 bridgehead atoms. The van der Waals surface area contributed by atoms with Crippen molar-refractivity contribution in [2.75, 3.05) is 13.7 Å². The Bertz CT molecular complexity index is 825. The molecule has 0 aromatic heterocycles. The summed E-state index contributed by atoms with van der Waals surface area (Å²) in [4.78, 5) is 25.2. The number of amides is 1. The van der Waals surface area contributed by atoms with Gasteiger partial charge >= 0.3 is 12.1 Å². The second kappa shape index (κ2) is 12.8. The third kappa shape index (κ3) is 7.66. The van der Waals surface area contributed by atoms with Gasteiger partial charge in [0.15, 0.2) is 0 Å². The fraction of sp³-hybridized carbons (Fsp3) is 0.440. The van der Waals surface area contributed by atoms with Gasteiger partial charge in [0.1, 0.15) is 6.61 Å². The van der Waals surface area contributed by atoms with Crippen LogP contribution in [0.3, 0.4) is 0 Å². The zero-order valence-electron chi connectivity index (χ0n) is 19.0. The van der Waals surface area contributed by atoms with E-state index in [1.165, 1.54) is 7.11 Å². The molecule has 174 valence electrons. The number of benzene rings is 2. The molecule has 2 aromatic rings. The molecular weight excluding hydrogens is 410 g/mol. The standard InChI is InChI=1S/C25H33NO6/c1-25(2,23(28)30-3)22(26-24(29)32-18-20-13-8-5-9-14-20)21(15-10-16-27)31-17-19-11-6-4-7-12-19/h4-9,11-14,21-22,27H,10,15-18H2,1-3H3,(H,26,29)/t21-,22+/m0/s1. The summed E-state index contributed by atoms with van der Waals surface area (Å²) >= 11 is 0. The Kier molecular flexibility index (Phi) is 10.2. The second-order valence-corrected chi connectivity index (χ2v) is 8.10. The fourth-order valence-corrected chi connectivity index (χ4v) is 3.44. The first kappa shape index (κ1) is 25.4. The molecule has 0 aliphatic heterocycles. The molecular formula is C25H33NO6. The maximum atomic E-state index is 12.6. The largest absolute Gasteiger partial charge is 0.469 e. The maximum absolute atomic E-state index is 12.6. The Labute approximate surface area is 189 Å². The Hall–Kier alpha value is -2.90. The van der Waals surface area contributed by atoms with Gasteiger partial charge in [0, 0.05) is 6.61 Å². The number of aliphatic hydroxyl groups excluding tert-OH is 1. The predicted octanol–water partition coefficient (Wildman–Crippen LogP) is 3.84. The van der Waals surface area contributed by atoms with Gasteiger partial charge in [-0.3, -0.25) is 4.79 Å². The smallest absolute Gasteiger partial charge is 0.407 e. The van der Waals surface area contributed by atoms with Crippen molar-refractivity contribution in [1.29, 1.82) is 0 Å². The fourth-order valence-electron chi connectivity index (χ4n) is 3.44. The van der Waals surface area contributed by atoms with Crippen molar-refractivity contribution in [1.82, 2.24) is 5.32 Å². The van der Waals surface area contributed by atoms with E-state index >= 15 is 0 Å². The summed E-state index contributed by atoms with van der Waals surface area (Å²) in [5.41, 5.74) is 0.712. The van der Waals surface area contributed by atoms with E-state index in [1.807, 2.05) is 60.7 Å². The molecule has 2 rings (SSSR count). The Balaban J connectivity index is 2.18. The van der Waals surface area contributed by atoms with Crippen LogP contribution in [0.1, 0.15) is 37.8 Å². The number of rotatable bonds is 12.